The molecule has 1 amide bonds. The normalized spacial score (nSPS) is 25.9. The van der Waals surface area contributed by atoms with Crippen LogP contribution < -0.4 is 10.1 Å². The van der Waals surface area contributed by atoms with Crippen molar-refractivity contribution in [3.8, 4) is 5.75 Å². The summed E-state index contributed by atoms with van der Waals surface area (Å²) in [5.41, 5.74) is -0.883. The van der Waals surface area contributed by atoms with Crippen LogP contribution in [0.1, 0.15) is 31.2 Å². The van der Waals surface area contributed by atoms with Crippen LogP contribution >= 0.6 is 0 Å². The van der Waals surface area contributed by atoms with Crippen molar-refractivity contribution in [3.05, 3.63) is 29.8 Å². The first-order valence-electron chi connectivity index (χ1n) is 9.22. The van der Waals surface area contributed by atoms with Crippen molar-refractivity contribution in [3.63, 3.8) is 0 Å². The molecule has 27 heavy (non-hydrogen) atoms. The number of nitrogens with one attached hydrogen (secondary N) is 1. The summed E-state index contributed by atoms with van der Waals surface area (Å²) >= 11 is 0. The Bertz CT molecular complexity index is 656. The molecule has 150 valence electrons. The summed E-state index contributed by atoms with van der Waals surface area (Å²) in [4.78, 5) is 14.1. The summed E-state index contributed by atoms with van der Waals surface area (Å²) in [6, 6.07) is 5.65. The van der Waals surface area contributed by atoms with Crippen LogP contribution in [-0.2, 0) is 11.0 Å². The molecule has 0 aliphatic carbocycles. The van der Waals surface area contributed by atoms with Gasteiger partial charge in [-0.3, -0.25) is 4.79 Å². The van der Waals surface area contributed by atoms with E-state index >= 15 is 0 Å². The third-order valence-corrected chi connectivity index (χ3v) is 5.31. The van der Waals surface area contributed by atoms with Gasteiger partial charge in [-0.05, 0) is 37.8 Å². The molecule has 3 rings (SSSR count). The number of amides is 1. The molecule has 2 saturated heterocycles. The van der Waals surface area contributed by atoms with Gasteiger partial charge in [-0.1, -0.05) is 12.1 Å². The zero-order valence-corrected chi connectivity index (χ0v) is 15.2. The van der Waals surface area contributed by atoms with E-state index in [1.54, 1.807) is 7.05 Å². The minimum absolute atomic E-state index is 0.0201. The van der Waals surface area contributed by atoms with Crippen molar-refractivity contribution >= 4 is 5.91 Å². The largest absolute Gasteiger partial charge is 0.490 e. The number of alkyl halides is 3. The van der Waals surface area contributed by atoms with Gasteiger partial charge >= 0.3 is 6.18 Å². The second kappa shape index (κ2) is 8.06. The van der Waals surface area contributed by atoms with Crippen LogP contribution in [0.4, 0.5) is 13.2 Å². The van der Waals surface area contributed by atoms with Gasteiger partial charge in [-0.25, -0.2) is 0 Å². The molecule has 3 unspecified atom stereocenters. The van der Waals surface area contributed by atoms with Crippen LogP contribution in [0.5, 0.6) is 5.75 Å². The Labute approximate surface area is 156 Å². The van der Waals surface area contributed by atoms with Gasteiger partial charge in [0.15, 0.2) is 0 Å². The highest BCUT2D eigenvalue weighted by Gasteiger charge is 2.38. The number of aliphatic hydroxyl groups excluding tert-OH is 1. The fourth-order valence-corrected chi connectivity index (χ4v) is 4.04. The molecule has 0 aromatic heterocycles. The van der Waals surface area contributed by atoms with Gasteiger partial charge in [0.25, 0.3) is 0 Å². The molecule has 2 aliphatic rings. The Morgan fingerprint density at radius 3 is 2.56 bits per heavy atom. The van der Waals surface area contributed by atoms with E-state index in [-0.39, 0.29) is 30.7 Å². The first-order chi connectivity index (χ1) is 12.7. The molecule has 3 atom stereocenters. The third kappa shape index (κ3) is 4.93. The number of benzene rings is 1. The monoisotopic (exact) mass is 386 g/mol. The Morgan fingerprint density at radius 1 is 1.30 bits per heavy atom. The predicted molar refractivity (Wildman–Crippen MR) is 93.3 cm³/mol. The van der Waals surface area contributed by atoms with Gasteiger partial charge < -0.3 is 20.1 Å². The van der Waals surface area contributed by atoms with E-state index < -0.39 is 17.8 Å². The highest BCUT2D eigenvalue weighted by Crippen LogP contribution is 2.36. The van der Waals surface area contributed by atoms with Crippen LogP contribution in [0.15, 0.2) is 24.3 Å². The Hall–Kier alpha value is -1.80. The molecule has 5 nitrogen and oxygen atoms in total. The van der Waals surface area contributed by atoms with Gasteiger partial charge in [0, 0.05) is 31.6 Å². The van der Waals surface area contributed by atoms with Crippen LogP contribution in [0.2, 0.25) is 0 Å². The van der Waals surface area contributed by atoms with E-state index in [0.29, 0.717) is 12.1 Å². The summed E-state index contributed by atoms with van der Waals surface area (Å²) in [7, 11) is 1.61. The summed E-state index contributed by atoms with van der Waals surface area (Å²) in [5.74, 6) is -0.413. The number of piperidine rings is 1. The van der Waals surface area contributed by atoms with Gasteiger partial charge in [-0.2, -0.15) is 13.2 Å². The highest BCUT2D eigenvalue weighted by molar-refractivity contribution is 5.79. The number of likely N-dealkylation sites (N-methyl/N-ethyl adjacent to an activating group) is 1. The van der Waals surface area contributed by atoms with Crippen LogP contribution in [-0.4, -0.2) is 54.3 Å². The molecule has 1 aromatic carbocycles. The molecule has 1 aromatic rings. The van der Waals surface area contributed by atoms with E-state index in [1.807, 2.05) is 0 Å². The molecule has 0 radical (unpaired) electrons. The number of halogens is 3. The molecule has 0 spiro atoms. The third-order valence-electron chi connectivity index (χ3n) is 5.31. The minimum Gasteiger partial charge on any atom is -0.490 e. The average Bonchev–Trinajstić information content (AvgIpc) is 2.96. The molecule has 2 fully saturated rings. The first kappa shape index (κ1) is 19.9. The van der Waals surface area contributed by atoms with E-state index in [2.05, 4.69) is 5.32 Å². The zero-order valence-electron chi connectivity index (χ0n) is 15.2. The van der Waals surface area contributed by atoms with Crippen molar-refractivity contribution in [2.75, 3.05) is 20.2 Å². The predicted octanol–water partition coefficient (Wildman–Crippen LogP) is 2.43. The number of carbonyl (C=O) groups is 1. The van der Waals surface area contributed by atoms with Crippen LogP contribution in [0, 0.1) is 5.92 Å². The lowest BCUT2D eigenvalue weighted by Crippen LogP contribution is -2.46. The molecule has 2 aliphatic heterocycles. The summed E-state index contributed by atoms with van der Waals surface area (Å²) in [5, 5.41) is 13.6. The van der Waals surface area contributed by atoms with E-state index in [0.717, 1.165) is 31.7 Å². The average molecular weight is 386 g/mol. The molecule has 2 N–H and O–H groups in total. The lowest BCUT2D eigenvalue weighted by molar-refractivity contribution is -0.139. The van der Waals surface area contributed by atoms with E-state index in [1.165, 1.54) is 23.1 Å². The number of hydrogen-bond acceptors (Lipinski definition) is 4. The minimum atomic E-state index is -4.53. The Kier molecular flexibility index (Phi) is 5.95. The van der Waals surface area contributed by atoms with Crippen molar-refractivity contribution in [2.45, 2.75) is 50.0 Å². The number of rotatable bonds is 6. The van der Waals surface area contributed by atoms with Gasteiger partial charge in [0.05, 0.1) is 5.56 Å². The van der Waals surface area contributed by atoms with Crippen molar-refractivity contribution in [1.82, 2.24) is 10.2 Å². The summed E-state index contributed by atoms with van der Waals surface area (Å²) < 4.78 is 44.1. The number of ether oxygens (including phenoxy) is 1. The molecular formula is C19H25F3N2O3. The SMILES string of the molecule is CN(CC(O)COc1ccccc1C(F)(F)F)C(=O)C1CC2CCC(C1)N2. The Morgan fingerprint density at radius 2 is 1.93 bits per heavy atom. The van der Waals surface area contributed by atoms with Crippen molar-refractivity contribution in [2.24, 2.45) is 5.92 Å². The number of para-hydroxylation sites is 1. The molecule has 0 saturated carbocycles. The van der Waals surface area contributed by atoms with Gasteiger partial charge in [-0.15, -0.1) is 0 Å². The van der Waals surface area contributed by atoms with Gasteiger partial charge in [0.1, 0.15) is 18.5 Å². The number of hydrogen-bond donors (Lipinski definition) is 2. The molecular weight excluding hydrogens is 361 g/mol. The maximum absolute atomic E-state index is 13.0. The fraction of sp³-hybridized carbons (Fsp3) is 0.632. The number of carbonyl (C=O) groups excluding carboxylic acids is 1. The topological polar surface area (TPSA) is 61.8 Å². The number of nitrogens with zero attached hydrogens (tertiary/aromatic N) is 1. The lowest BCUT2D eigenvalue weighted by atomic mass is 9.91. The Balaban J connectivity index is 1.51. The second-order valence-corrected chi connectivity index (χ2v) is 7.48. The number of fused-ring (bicyclic) bond motifs is 2. The maximum Gasteiger partial charge on any atom is 0.419 e. The van der Waals surface area contributed by atoms with Crippen molar-refractivity contribution < 1.29 is 27.8 Å². The van der Waals surface area contributed by atoms with Gasteiger partial charge in [0.2, 0.25) is 5.91 Å². The standard InChI is InChI=1S/C19H25F3N2O3/c1-24(18(26)12-8-13-6-7-14(9-12)23-13)10-15(25)11-27-17-5-3-2-4-16(17)19(20,21)22/h2-5,12-15,23,25H,6-11H2,1H3. The lowest BCUT2D eigenvalue weighted by Gasteiger charge is -2.32. The van der Waals surface area contributed by atoms with E-state index in [9.17, 15) is 23.1 Å². The van der Waals surface area contributed by atoms with Crippen LogP contribution in [0.3, 0.4) is 0 Å². The maximum atomic E-state index is 13.0. The quantitative estimate of drug-likeness (QED) is 0.788. The first-order valence-corrected chi connectivity index (χ1v) is 9.22. The fourth-order valence-electron chi connectivity index (χ4n) is 4.04. The summed E-state index contributed by atoms with van der Waals surface area (Å²) in [6.45, 7) is -0.297. The second-order valence-electron chi connectivity index (χ2n) is 7.48. The van der Waals surface area contributed by atoms with E-state index in [4.69, 9.17) is 4.74 Å². The molecule has 2 bridgehead atoms. The summed E-state index contributed by atoms with van der Waals surface area (Å²) in [6.07, 6.45) is -1.82. The highest BCUT2D eigenvalue weighted by atomic mass is 19.4. The number of aliphatic hydroxyl groups is 1. The molecule has 2 heterocycles. The molecule has 8 heteroatoms. The zero-order chi connectivity index (χ0) is 19.6. The van der Waals surface area contributed by atoms with Crippen LogP contribution in [0.25, 0.3) is 0 Å². The smallest absolute Gasteiger partial charge is 0.419 e. The van der Waals surface area contributed by atoms with Crippen molar-refractivity contribution in [1.29, 1.82) is 0 Å².